The van der Waals surface area contributed by atoms with E-state index in [9.17, 15) is 23.1 Å². The van der Waals surface area contributed by atoms with E-state index in [-0.39, 0.29) is 12.0 Å². The third-order valence-electron chi connectivity index (χ3n) is 4.61. The van der Waals surface area contributed by atoms with Gasteiger partial charge < -0.3 is 10.4 Å². The first-order valence-electron chi connectivity index (χ1n) is 9.23. The van der Waals surface area contributed by atoms with E-state index in [4.69, 9.17) is 0 Å². The van der Waals surface area contributed by atoms with E-state index in [1.807, 2.05) is 6.07 Å². The standard InChI is InChI=1S/C23H21F3N2O2/c1-14-10-15(8-9-23(24,25)26)4-7-19(14)21(29)28-18-6-5-16-11-17(22(2,3)30)13-27-20(16)12-18/h4-13,30H,1-3H3,(H,28,29). The highest BCUT2D eigenvalue weighted by Crippen LogP contribution is 2.25. The van der Waals surface area contributed by atoms with Gasteiger partial charge in [-0.25, -0.2) is 0 Å². The first kappa shape index (κ1) is 21.5. The summed E-state index contributed by atoms with van der Waals surface area (Å²) >= 11 is 0. The average Bonchev–Trinajstić information content (AvgIpc) is 2.64. The Balaban J connectivity index is 1.80. The average molecular weight is 414 g/mol. The Hall–Kier alpha value is -3.19. The maximum Gasteiger partial charge on any atom is 0.409 e. The smallest absolute Gasteiger partial charge is 0.386 e. The van der Waals surface area contributed by atoms with Crippen LogP contribution in [0.5, 0.6) is 0 Å². The van der Waals surface area contributed by atoms with Crippen LogP contribution >= 0.6 is 0 Å². The molecule has 2 aromatic carbocycles. The predicted octanol–water partition coefficient (Wildman–Crippen LogP) is 5.60. The molecule has 30 heavy (non-hydrogen) atoms. The number of carbonyl (C=O) groups is 1. The monoisotopic (exact) mass is 414 g/mol. The van der Waals surface area contributed by atoms with Gasteiger partial charge in [-0.15, -0.1) is 0 Å². The van der Waals surface area contributed by atoms with E-state index in [1.54, 1.807) is 45.2 Å². The van der Waals surface area contributed by atoms with Gasteiger partial charge in [0.05, 0.1) is 11.1 Å². The first-order chi connectivity index (χ1) is 13.9. The van der Waals surface area contributed by atoms with Crippen LogP contribution < -0.4 is 5.32 Å². The zero-order chi connectivity index (χ0) is 22.1. The number of aliphatic hydroxyl groups is 1. The van der Waals surface area contributed by atoms with Crippen molar-refractivity contribution in [3.63, 3.8) is 0 Å². The summed E-state index contributed by atoms with van der Waals surface area (Å²) in [5, 5.41) is 13.7. The normalized spacial score (nSPS) is 12.5. The van der Waals surface area contributed by atoms with Crippen molar-refractivity contribution in [2.24, 2.45) is 0 Å². The fraction of sp³-hybridized carbons (Fsp3) is 0.217. The molecular weight excluding hydrogens is 393 g/mol. The molecule has 0 aliphatic carbocycles. The summed E-state index contributed by atoms with van der Waals surface area (Å²) in [6, 6.07) is 11.6. The Labute approximate surface area is 172 Å². The van der Waals surface area contributed by atoms with Gasteiger partial charge in [0.15, 0.2) is 0 Å². The first-order valence-corrected chi connectivity index (χ1v) is 9.23. The minimum atomic E-state index is -4.39. The van der Waals surface area contributed by atoms with Crippen molar-refractivity contribution in [3.8, 4) is 0 Å². The molecule has 0 aliphatic rings. The van der Waals surface area contributed by atoms with Gasteiger partial charge in [0.25, 0.3) is 5.91 Å². The zero-order valence-electron chi connectivity index (χ0n) is 16.7. The number of fused-ring (bicyclic) bond motifs is 1. The van der Waals surface area contributed by atoms with Crippen LogP contribution in [0.25, 0.3) is 17.0 Å². The molecule has 4 nitrogen and oxygen atoms in total. The quantitative estimate of drug-likeness (QED) is 0.584. The topological polar surface area (TPSA) is 62.2 Å². The number of aryl methyl sites for hydroxylation is 1. The minimum Gasteiger partial charge on any atom is -0.386 e. The van der Waals surface area contributed by atoms with E-state index >= 15 is 0 Å². The molecule has 7 heteroatoms. The molecule has 0 saturated carbocycles. The summed E-state index contributed by atoms with van der Waals surface area (Å²) in [4.78, 5) is 17.0. The number of amides is 1. The molecule has 0 fully saturated rings. The molecule has 0 radical (unpaired) electrons. The predicted molar refractivity (Wildman–Crippen MR) is 111 cm³/mol. The molecule has 0 aliphatic heterocycles. The van der Waals surface area contributed by atoms with Gasteiger partial charge in [-0.2, -0.15) is 13.2 Å². The largest absolute Gasteiger partial charge is 0.409 e. The van der Waals surface area contributed by atoms with Crippen LogP contribution in [-0.4, -0.2) is 22.2 Å². The van der Waals surface area contributed by atoms with Crippen LogP contribution in [0.15, 0.2) is 54.7 Å². The zero-order valence-corrected chi connectivity index (χ0v) is 16.7. The minimum absolute atomic E-state index is 0.160. The second-order valence-electron chi connectivity index (χ2n) is 7.59. The number of allylic oxidation sites excluding steroid dienone is 1. The summed E-state index contributed by atoms with van der Waals surface area (Å²) < 4.78 is 36.9. The summed E-state index contributed by atoms with van der Waals surface area (Å²) in [5.74, 6) is -0.369. The molecule has 1 heterocycles. The van der Waals surface area contributed by atoms with Crippen molar-refractivity contribution in [1.82, 2.24) is 4.98 Å². The Kier molecular flexibility index (Phi) is 5.67. The third-order valence-corrected chi connectivity index (χ3v) is 4.61. The number of nitrogens with zero attached hydrogens (tertiary/aromatic N) is 1. The van der Waals surface area contributed by atoms with Gasteiger partial charge in [0.1, 0.15) is 0 Å². The number of pyridine rings is 1. The summed E-state index contributed by atoms with van der Waals surface area (Å²) in [6.45, 7) is 5.02. The molecule has 3 aromatic rings. The summed E-state index contributed by atoms with van der Waals surface area (Å²) in [6.07, 6.45) is -1.68. The number of benzene rings is 2. The molecule has 0 spiro atoms. The highest BCUT2D eigenvalue weighted by molar-refractivity contribution is 6.06. The lowest BCUT2D eigenvalue weighted by Gasteiger charge is -2.17. The van der Waals surface area contributed by atoms with Crippen LogP contribution in [-0.2, 0) is 5.60 Å². The second-order valence-corrected chi connectivity index (χ2v) is 7.59. The maximum absolute atomic E-state index is 12.6. The molecule has 2 N–H and O–H groups in total. The fourth-order valence-electron chi connectivity index (χ4n) is 2.97. The van der Waals surface area contributed by atoms with Crippen LogP contribution in [0.2, 0.25) is 0 Å². The summed E-state index contributed by atoms with van der Waals surface area (Å²) in [5.41, 5.74) is 2.16. The van der Waals surface area contributed by atoms with Crippen molar-refractivity contribution in [2.45, 2.75) is 32.5 Å². The van der Waals surface area contributed by atoms with E-state index < -0.39 is 11.8 Å². The number of hydrogen-bond donors (Lipinski definition) is 2. The summed E-state index contributed by atoms with van der Waals surface area (Å²) in [7, 11) is 0. The Bertz CT molecular complexity index is 1130. The second kappa shape index (κ2) is 7.91. The van der Waals surface area contributed by atoms with Crippen LogP contribution in [0.3, 0.4) is 0 Å². The molecule has 1 aromatic heterocycles. The van der Waals surface area contributed by atoms with Crippen molar-refractivity contribution >= 4 is 28.6 Å². The maximum atomic E-state index is 12.6. The lowest BCUT2D eigenvalue weighted by Crippen LogP contribution is -2.15. The number of hydrogen-bond acceptors (Lipinski definition) is 3. The SMILES string of the molecule is Cc1cc(C=CC(F)(F)F)ccc1C(=O)Nc1ccc2cc(C(C)(C)O)cnc2c1. The van der Waals surface area contributed by atoms with Crippen molar-refractivity contribution in [2.75, 3.05) is 5.32 Å². The van der Waals surface area contributed by atoms with E-state index in [1.165, 1.54) is 18.2 Å². The third kappa shape index (κ3) is 5.24. The van der Waals surface area contributed by atoms with E-state index in [2.05, 4.69) is 10.3 Å². The van der Waals surface area contributed by atoms with Gasteiger partial charge in [0.2, 0.25) is 0 Å². The number of halogens is 3. The van der Waals surface area contributed by atoms with Crippen molar-refractivity contribution in [3.05, 3.63) is 77.0 Å². The molecule has 0 unspecified atom stereocenters. The highest BCUT2D eigenvalue weighted by Gasteiger charge is 2.22. The molecule has 156 valence electrons. The van der Waals surface area contributed by atoms with Gasteiger partial charge in [0, 0.05) is 34.5 Å². The number of aromatic nitrogens is 1. The molecule has 0 bridgehead atoms. The number of nitrogens with one attached hydrogen (secondary N) is 1. The number of anilines is 1. The number of carbonyl (C=O) groups excluding carboxylic acids is 1. The van der Waals surface area contributed by atoms with Crippen LogP contribution in [0.1, 0.15) is 40.9 Å². The van der Waals surface area contributed by atoms with Gasteiger partial charge in [-0.05, 0) is 56.2 Å². The molecule has 0 saturated heterocycles. The van der Waals surface area contributed by atoms with Crippen LogP contribution in [0, 0.1) is 6.92 Å². The van der Waals surface area contributed by atoms with Gasteiger partial charge in [-0.3, -0.25) is 9.78 Å². The molecule has 3 rings (SSSR count). The van der Waals surface area contributed by atoms with Gasteiger partial charge >= 0.3 is 6.18 Å². The fourth-order valence-corrected chi connectivity index (χ4v) is 2.97. The highest BCUT2D eigenvalue weighted by atomic mass is 19.4. The van der Waals surface area contributed by atoms with Gasteiger partial charge in [-0.1, -0.05) is 24.3 Å². The Morgan fingerprint density at radius 2 is 1.83 bits per heavy atom. The Morgan fingerprint density at radius 3 is 2.47 bits per heavy atom. The lowest BCUT2D eigenvalue weighted by atomic mass is 9.99. The van der Waals surface area contributed by atoms with Crippen molar-refractivity contribution in [1.29, 1.82) is 0 Å². The lowest BCUT2D eigenvalue weighted by molar-refractivity contribution is -0.0790. The molecule has 1 amide bonds. The van der Waals surface area contributed by atoms with Crippen molar-refractivity contribution < 1.29 is 23.1 Å². The van der Waals surface area contributed by atoms with Crippen LogP contribution in [0.4, 0.5) is 18.9 Å². The molecule has 0 atom stereocenters. The Morgan fingerprint density at radius 1 is 1.10 bits per heavy atom. The molecular formula is C23H21F3N2O2. The van der Waals surface area contributed by atoms with E-state index in [0.29, 0.717) is 33.5 Å². The number of rotatable bonds is 4. The number of alkyl halides is 3. The van der Waals surface area contributed by atoms with E-state index in [0.717, 1.165) is 11.5 Å².